The molecule has 204 valence electrons. The van der Waals surface area contributed by atoms with Gasteiger partial charge in [-0.3, -0.25) is 14.4 Å². The second-order valence-corrected chi connectivity index (χ2v) is 10.3. The molecule has 5 aromatic rings. The van der Waals surface area contributed by atoms with Gasteiger partial charge in [0.1, 0.15) is 0 Å². The molecule has 8 nitrogen and oxygen atoms in total. The van der Waals surface area contributed by atoms with Crippen molar-refractivity contribution >= 4 is 41.0 Å². The van der Waals surface area contributed by atoms with Gasteiger partial charge in [0.25, 0.3) is 17.4 Å². The van der Waals surface area contributed by atoms with Crippen LogP contribution in [0.4, 0.5) is 5.95 Å². The van der Waals surface area contributed by atoms with Gasteiger partial charge in [0.05, 0.1) is 11.4 Å². The van der Waals surface area contributed by atoms with Gasteiger partial charge in [0.15, 0.2) is 0 Å². The van der Waals surface area contributed by atoms with E-state index in [0.29, 0.717) is 38.1 Å². The first-order chi connectivity index (χ1) is 19.7. The van der Waals surface area contributed by atoms with E-state index in [-0.39, 0.29) is 28.6 Å². The molecular weight excluding hydrogens is 561 g/mol. The highest BCUT2D eigenvalue weighted by Gasteiger charge is 2.30. The molecule has 0 fully saturated rings. The fourth-order valence-electron chi connectivity index (χ4n) is 4.26. The SMILES string of the molecule is CC(C)c1cc(=O)[nH]nc1-c1cnc(N(C(=O)c2ccc(Cl)cc2)C(=O)c2ccc(Cl)cc2)nc1-c1ccccc1. The van der Waals surface area contributed by atoms with Crippen LogP contribution < -0.4 is 10.5 Å². The summed E-state index contributed by atoms with van der Waals surface area (Å²) in [5.74, 6) is -1.45. The lowest BCUT2D eigenvalue weighted by molar-refractivity contribution is 0.0895. The number of H-pyrrole nitrogens is 1. The molecule has 0 aliphatic carbocycles. The lowest BCUT2D eigenvalue weighted by Gasteiger charge is -2.21. The molecule has 0 radical (unpaired) electrons. The second kappa shape index (κ2) is 11.8. The maximum Gasteiger partial charge on any atom is 0.267 e. The predicted molar refractivity (Wildman–Crippen MR) is 159 cm³/mol. The number of nitrogens with zero attached hydrogens (tertiary/aromatic N) is 4. The van der Waals surface area contributed by atoms with Crippen LogP contribution in [0.1, 0.15) is 46.0 Å². The Labute approximate surface area is 245 Å². The van der Waals surface area contributed by atoms with E-state index in [9.17, 15) is 14.4 Å². The zero-order valence-corrected chi connectivity index (χ0v) is 23.5. The van der Waals surface area contributed by atoms with Crippen LogP contribution in [0.3, 0.4) is 0 Å². The number of benzene rings is 3. The van der Waals surface area contributed by atoms with Gasteiger partial charge in [-0.15, -0.1) is 0 Å². The molecule has 10 heteroatoms. The number of nitrogens with one attached hydrogen (secondary N) is 1. The van der Waals surface area contributed by atoms with Crippen LogP contribution in [-0.4, -0.2) is 32.0 Å². The zero-order valence-electron chi connectivity index (χ0n) is 22.0. The number of hydrogen-bond acceptors (Lipinski definition) is 6. The van der Waals surface area contributed by atoms with Gasteiger partial charge in [-0.1, -0.05) is 67.4 Å². The lowest BCUT2D eigenvalue weighted by atomic mass is 9.96. The summed E-state index contributed by atoms with van der Waals surface area (Å²) in [5, 5.41) is 7.71. The standard InChI is InChI=1S/C31H23Cl2N5O3/c1-18(2)24-16-26(39)36-37-28(24)25-17-34-31(35-27(25)19-6-4-3-5-7-19)38(29(40)20-8-12-22(32)13-9-20)30(41)21-10-14-23(33)15-11-21/h3-18H,1-2H3,(H,36,39). The van der Waals surface area contributed by atoms with Crippen LogP contribution in [0.25, 0.3) is 22.5 Å². The number of rotatable bonds is 6. The maximum atomic E-state index is 13.8. The van der Waals surface area contributed by atoms with Gasteiger partial charge >= 0.3 is 0 Å². The molecule has 0 unspecified atom stereocenters. The molecule has 0 aliphatic heterocycles. The van der Waals surface area contributed by atoms with Crippen molar-refractivity contribution < 1.29 is 9.59 Å². The smallest absolute Gasteiger partial charge is 0.267 e. The number of anilines is 1. The third-order valence-electron chi connectivity index (χ3n) is 6.33. The molecule has 0 bridgehead atoms. The fraction of sp³-hybridized carbons (Fsp3) is 0.0968. The van der Waals surface area contributed by atoms with E-state index in [1.54, 1.807) is 24.3 Å². The number of carbonyl (C=O) groups excluding carboxylic acids is 2. The van der Waals surface area contributed by atoms with Gasteiger partial charge in [-0.05, 0) is 60.0 Å². The third-order valence-corrected chi connectivity index (χ3v) is 6.83. The average Bonchev–Trinajstić information content (AvgIpc) is 2.98. The molecule has 0 saturated carbocycles. The van der Waals surface area contributed by atoms with E-state index in [4.69, 9.17) is 28.2 Å². The molecule has 2 heterocycles. The summed E-state index contributed by atoms with van der Waals surface area (Å²) in [6.07, 6.45) is 1.51. The Balaban J connectivity index is 1.73. The Kier molecular flexibility index (Phi) is 8.05. The van der Waals surface area contributed by atoms with Crippen LogP contribution in [0.5, 0.6) is 0 Å². The lowest BCUT2D eigenvalue weighted by Crippen LogP contribution is -2.38. The molecule has 0 saturated heterocycles. The zero-order chi connectivity index (χ0) is 29.1. The number of aromatic amines is 1. The molecule has 5 rings (SSSR count). The first-order valence-electron chi connectivity index (χ1n) is 12.7. The number of halogens is 2. The van der Waals surface area contributed by atoms with Gasteiger partial charge in [-0.25, -0.2) is 20.0 Å². The number of amides is 2. The van der Waals surface area contributed by atoms with Crippen molar-refractivity contribution in [3.8, 4) is 22.5 Å². The number of aromatic nitrogens is 4. The van der Waals surface area contributed by atoms with E-state index in [1.165, 1.54) is 36.5 Å². The molecule has 2 aromatic heterocycles. The minimum atomic E-state index is -0.640. The number of carbonyl (C=O) groups is 2. The summed E-state index contributed by atoms with van der Waals surface area (Å²) in [7, 11) is 0. The summed E-state index contributed by atoms with van der Waals surface area (Å²) in [6.45, 7) is 3.91. The van der Waals surface area contributed by atoms with E-state index in [1.807, 2.05) is 44.2 Å². The Morgan fingerprint density at radius 1 is 0.805 bits per heavy atom. The van der Waals surface area contributed by atoms with Gasteiger partial charge in [0, 0.05) is 44.6 Å². The number of imide groups is 1. The molecule has 1 N–H and O–H groups in total. The van der Waals surface area contributed by atoms with Gasteiger partial charge in [0.2, 0.25) is 5.95 Å². The van der Waals surface area contributed by atoms with E-state index in [0.717, 1.165) is 4.90 Å². The van der Waals surface area contributed by atoms with Crippen LogP contribution in [0.15, 0.2) is 95.9 Å². The first kappa shape index (κ1) is 27.9. The normalized spacial score (nSPS) is 11.0. The van der Waals surface area contributed by atoms with Crippen LogP contribution in [0, 0.1) is 0 Å². The molecular formula is C31H23Cl2N5O3. The third kappa shape index (κ3) is 5.94. The van der Waals surface area contributed by atoms with Crippen molar-refractivity contribution in [2.75, 3.05) is 4.90 Å². The molecule has 0 atom stereocenters. The Morgan fingerprint density at radius 2 is 1.37 bits per heavy atom. The Hall–Kier alpha value is -4.66. The first-order valence-corrected chi connectivity index (χ1v) is 13.4. The molecule has 0 spiro atoms. The molecule has 3 aromatic carbocycles. The van der Waals surface area contributed by atoms with E-state index < -0.39 is 11.8 Å². The summed E-state index contributed by atoms with van der Waals surface area (Å²) in [6, 6.07) is 23.1. The van der Waals surface area contributed by atoms with Crippen molar-refractivity contribution in [2.45, 2.75) is 19.8 Å². The highest BCUT2D eigenvalue weighted by atomic mass is 35.5. The van der Waals surface area contributed by atoms with Crippen LogP contribution >= 0.6 is 23.2 Å². The topological polar surface area (TPSA) is 109 Å². The average molecular weight is 584 g/mol. The summed E-state index contributed by atoms with van der Waals surface area (Å²) in [4.78, 5) is 49.9. The van der Waals surface area contributed by atoms with Crippen molar-refractivity contribution in [1.82, 2.24) is 20.2 Å². The van der Waals surface area contributed by atoms with Crippen molar-refractivity contribution in [3.63, 3.8) is 0 Å². The highest BCUT2D eigenvalue weighted by Crippen LogP contribution is 2.34. The summed E-state index contributed by atoms with van der Waals surface area (Å²) >= 11 is 12.1. The number of hydrogen-bond donors (Lipinski definition) is 1. The Bertz CT molecular complexity index is 1730. The van der Waals surface area contributed by atoms with Crippen molar-refractivity contribution in [3.05, 3.63) is 128 Å². The second-order valence-electron chi connectivity index (χ2n) is 9.45. The quantitative estimate of drug-likeness (QED) is 0.220. The fourth-order valence-corrected chi connectivity index (χ4v) is 4.51. The Morgan fingerprint density at radius 3 is 1.90 bits per heavy atom. The molecule has 0 aliphatic rings. The van der Waals surface area contributed by atoms with Gasteiger partial charge in [-0.2, -0.15) is 5.10 Å². The van der Waals surface area contributed by atoms with Gasteiger partial charge < -0.3 is 0 Å². The predicted octanol–water partition coefficient (Wildman–Crippen LogP) is 6.81. The van der Waals surface area contributed by atoms with Crippen LogP contribution in [-0.2, 0) is 0 Å². The minimum Gasteiger partial charge on any atom is -0.268 e. The summed E-state index contributed by atoms with van der Waals surface area (Å²) in [5.41, 5.74) is 2.95. The van der Waals surface area contributed by atoms with Crippen molar-refractivity contribution in [1.29, 1.82) is 0 Å². The highest BCUT2D eigenvalue weighted by molar-refractivity contribution is 6.31. The monoisotopic (exact) mass is 583 g/mol. The molecule has 41 heavy (non-hydrogen) atoms. The van der Waals surface area contributed by atoms with E-state index in [2.05, 4.69) is 15.2 Å². The van der Waals surface area contributed by atoms with E-state index >= 15 is 0 Å². The molecule has 2 amide bonds. The largest absolute Gasteiger partial charge is 0.268 e. The minimum absolute atomic E-state index is 0.0300. The summed E-state index contributed by atoms with van der Waals surface area (Å²) < 4.78 is 0. The maximum absolute atomic E-state index is 13.8. The van der Waals surface area contributed by atoms with Crippen molar-refractivity contribution in [2.24, 2.45) is 0 Å². The van der Waals surface area contributed by atoms with Crippen LogP contribution in [0.2, 0.25) is 10.0 Å².